The van der Waals surface area contributed by atoms with Crippen molar-refractivity contribution in [2.45, 2.75) is 58.9 Å². The molecule has 0 aromatic carbocycles. The van der Waals surface area contributed by atoms with Crippen molar-refractivity contribution < 1.29 is 0 Å². The van der Waals surface area contributed by atoms with Crippen LogP contribution in [0.15, 0.2) is 0 Å². The summed E-state index contributed by atoms with van der Waals surface area (Å²) < 4.78 is 0. The topological polar surface area (TPSA) is 26.0 Å². The summed E-state index contributed by atoms with van der Waals surface area (Å²) in [5.74, 6) is 0.748. The highest BCUT2D eigenvalue weighted by Gasteiger charge is 2.36. The fraction of sp³-hybridized carbons (Fsp3) is 1.00. The second kappa shape index (κ2) is 3.02. The van der Waals surface area contributed by atoms with Crippen molar-refractivity contribution in [2.24, 2.45) is 17.1 Å². The summed E-state index contributed by atoms with van der Waals surface area (Å²) in [6.07, 6.45) is 5.16. The van der Waals surface area contributed by atoms with Gasteiger partial charge in [-0.15, -0.1) is 0 Å². The molecule has 0 aromatic rings. The average Bonchev–Trinajstić information content (AvgIpc) is 2.07. The van der Waals surface area contributed by atoms with E-state index in [4.69, 9.17) is 5.73 Å². The van der Waals surface area contributed by atoms with Crippen LogP contribution >= 0.6 is 0 Å². The van der Waals surface area contributed by atoms with Crippen molar-refractivity contribution in [2.75, 3.05) is 0 Å². The van der Waals surface area contributed by atoms with Gasteiger partial charge in [0.1, 0.15) is 0 Å². The standard InChI is InChI=1S/C11H23N/c1-10(2,3)8-9-6-5-7-11(9,4)12/h9H,5-8,12H2,1-4H3/t9?,11-/m1/s1. The van der Waals surface area contributed by atoms with Gasteiger partial charge < -0.3 is 5.73 Å². The summed E-state index contributed by atoms with van der Waals surface area (Å²) in [7, 11) is 0. The van der Waals surface area contributed by atoms with Crippen molar-refractivity contribution >= 4 is 0 Å². The van der Waals surface area contributed by atoms with Gasteiger partial charge in [-0.3, -0.25) is 0 Å². The molecule has 72 valence electrons. The molecule has 0 aliphatic heterocycles. The largest absolute Gasteiger partial charge is 0.325 e. The van der Waals surface area contributed by atoms with E-state index in [9.17, 15) is 0 Å². The summed E-state index contributed by atoms with van der Waals surface area (Å²) >= 11 is 0. The highest BCUT2D eigenvalue weighted by molar-refractivity contribution is 4.94. The minimum absolute atomic E-state index is 0.118. The predicted molar refractivity (Wildman–Crippen MR) is 54.0 cm³/mol. The number of hydrogen-bond acceptors (Lipinski definition) is 1. The molecule has 2 N–H and O–H groups in total. The average molecular weight is 169 g/mol. The van der Waals surface area contributed by atoms with Gasteiger partial charge in [0.15, 0.2) is 0 Å². The van der Waals surface area contributed by atoms with Crippen LogP contribution in [-0.4, -0.2) is 5.54 Å². The minimum atomic E-state index is 0.118. The Morgan fingerprint density at radius 3 is 2.33 bits per heavy atom. The van der Waals surface area contributed by atoms with Gasteiger partial charge in [0.2, 0.25) is 0 Å². The fourth-order valence-electron chi connectivity index (χ4n) is 2.34. The van der Waals surface area contributed by atoms with Crippen LogP contribution in [-0.2, 0) is 0 Å². The van der Waals surface area contributed by atoms with Crippen molar-refractivity contribution in [1.82, 2.24) is 0 Å². The van der Waals surface area contributed by atoms with Crippen LogP contribution in [0.4, 0.5) is 0 Å². The zero-order chi connectivity index (χ0) is 9.41. The highest BCUT2D eigenvalue weighted by atomic mass is 14.8. The van der Waals surface area contributed by atoms with Crippen LogP contribution in [0.3, 0.4) is 0 Å². The molecule has 0 saturated heterocycles. The Kier molecular flexibility index (Phi) is 2.53. The Labute approximate surface area is 76.7 Å². The van der Waals surface area contributed by atoms with Gasteiger partial charge in [-0.2, -0.15) is 0 Å². The molecular weight excluding hydrogens is 146 g/mol. The molecule has 1 heteroatoms. The molecule has 0 aromatic heterocycles. The summed E-state index contributed by atoms with van der Waals surface area (Å²) in [6, 6.07) is 0. The molecule has 1 aliphatic carbocycles. The Balaban J connectivity index is 2.53. The summed E-state index contributed by atoms with van der Waals surface area (Å²) in [6.45, 7) is 9.14. The second-order valence-electron chi connectivity index (χ2n) is 5.86. The molecule has 0 radical (unpaired) electrons. The van der Waals surface area contributed by atoms with Gasteiger partial charge in [-0.1, -0.05) is 27.2 Å². The van der Waals surface area contributed by atoms with Crippen molar-refractivity contribution in [1.29, 1.82) is 0 Å². The van der Waals surface area contributed by atoms with E-state index in [1.807, 2.05) is 0 Å². The molecule has 1 unspecified atom stereocenters. The van der Waals surface area contributed by atoms with E-state index in [0.29, 0.717) is 5.41 Å². The molecule has 0 bridgehead atoms. The highest BCUT2D eigenvalue weighted by Crippen LogP contribution is 2.40. The molecule has 1 nitrogen and oxygen atoms in total. The van der Waals surface area contributed by atoms with Crippen LogP contribution in [0, 0.1) is 11.3 Å². The van der Waals surface area contributed by atoms with Crippen LogP contribution in [0.2, 0.25) is 0 Å². The first-order chi connectivity index (χ1) is 5.31. The maximum absolute atomic E-state index is 6.23. The Morgan fingerprint density at radius 2 is 2.00 bits per heavy atom. The van der Waals surface area contributed by atoms with Gasteiger partial charge >= 0.3 is 0 Å². The molecule has 1 aliphatic rings. The molecule has 12 heavy (non-hydrogen) atoms. The first-order valence-electron chi connectivity index (χ1n) is 5.10. The fourth-order valence-corrected chi connectivity index (χ4v) is 2.34. The maximum Gasteiger partial charge on any atom is 0.0154 e. The van der Waals surface area contributed by atoms with E-state index >= 15 is 0 Å². The van der Waals surface area contributed by atoms with Crippen LogP contribution in [0.25, 0.3) is 0 Å². The van der Waals surface area contributed by atoms with Gasteiger partial charge in [-0.05, 0) is 37.5 Å². The summed E-state index contributed by atoms with van der Waals surface area (Å²) in [4.78, 5) is 0. The van der Waals surface area contributed by atoms with Crippen molar-refractivity contribution in [3.05, 3.63) is 0 Å². The van der Waals surface area contributed by atoms with Gasteiger partial charge in [0.05, 0.1) is 0 Å². The van der Waals surface area contributed by atoms with E-state index in [1.54, 1.807) is 0 Å². The molecule has 1 fully saturated rings. The lowest BCUT2D eigenvalue weighted by Crippen LogP contribution is -2.41. The smallest absolute Gasteiger partial charge is 0.0154 e. The van der Waals surface area contributed by atoms with Gasteiger partial charge in [-0.25, -0.2) is 0 Å². The molecule has 1 saturated carbocycles. The lowest BCUT2D eigenvalue weighted by molar-refractivity contribution is 0.231. The van der Waals surface area contributed by atoms with Crippen LogP contribution in [0.5, 0.6) is 0 Å². The second-order valence-corrected chi connectivity index (χ2v) is 5.86. The Bertz CT molecular complexity index is 153. The third kappa shape index (κ3) is 2.48. The monoisotopic (exact) mass is 169 g/mol. The summed E-state index contributed by atoms with van der Waals surface area (Å²) in [5.41, 5.74) is 6.79. The zero-order valence-corrected chi connectivity index (χ0v) is 8.98. The van der Waals surface area contributed by atoms with E-state index in [2.05, 4.69) is 27.7 Å². The predicted octanol–water partition coefficient (Wildman–Crippen LogP) is 2.94. The van der Waals surface area contributed by atoms with E-state index < -0.39 is 0 Å². The summed E-state index contributed by atoms with van der Waals surface area (Å²) in [5, 5.41) is 0. The van der Waals surface area contributed by atoms with Crippen LogP contribution < -0.4 is 5.73 Å². The number of hydrogen-bond donors (Lipinski definition) is 1. The molecule has 0 amide bonds. The Hall–Kier alpha value is -0.0400. The molecule has 0 spiro atoms. The first kappa shape index (κ1) is 10.0. The Morgan fingerprint density at radius 1 is 1.42 bits per heavy atom. The normalized spacial score (nSPS) is 37.2. The SMILES string of the molecule is CC(C)(C)CC1CCC[C@@]1(C)N. The zero-order valence-electron chi connectivity index (χ0n) is 8.98. The lowest BCUT2D eigenvalue weighted by Gasteiger charge is -2.32. The third-order valence-corrected chi connectivity index (χ3v) is 3.06. The van der Waals surface area contributed by atoms with E-state index in [-0.39, 0.29) is 5.54 Å². The number of rotatable bonds is 1. The molecule has 0 heterocycles. The molecular formula is C11H23N. The first-order valence-corrected chi connectivity index (χ1v) is 5.10. The minimum Gasteiger partial charge on any atom is -0.325 e. The van der Waals surface area contributed by atoms with Crippen molar-refractivity contribution in [3.63, 3.8) is 0 Å². The van der Waals surface area contributed by atoms with E-state index in [1.165, 1.54) is 25.7 Å². The number of nitrogens with two attached hydrogens (primary N) is 1. The lowest BCUT2D eigenvalue weighted by atomic mass is 9.77. The maximum atomic E-state index is 6.23. The molecule has 1 rings (SSSR count). The van der Waals surface area contributed by atoms with Crippen LogP contribution in [0.1, 0.15) is 53.4 Å². The van der Waals surface area contributed by atoms with E-state index in [0.717, 1.165) is 5.92 Å². The quantitative estimate of drug-likeness (QED) is 0.641. The van der Waals surface area contributed by atoms with Crippen molar-refractivity contribution in [3.8, 4) is 0 Å². The van der Waals surface area contributed by atoms with Gasteiger partial charge in [0, 0.05) is 5.54 Å². The molecule has 2 atom stereocenters. The van der Waals surface area contributed by atoms with Gasteiger partial charge in [0.25, 0.3) is 0 Å². The third-order valence-electron chi connectivity index (χ3n) is 3.06.